The maximum atomic E-state index is 9.84. The second kappa shape index (κ2) is 7.07. The molecule has 1 aromatic rings. The molecule has 0 aromatic heterocycles. The third kappa shape index (κ3) is 3.72. The van der Waals surface area contributed by atoms with E-state index in [2.05, 4.69) is 11.4 Å². The van der Waals surface area contributed by atoms with Gasteiger partial charge in [0.2, 0.25) is 0 Å². The van der Waals surface area contributed by atoms with Crippen molar-refractivity contribution in [2.45, 2.75) is 44.9 Å². The Balaban J connectivity index is 1.93. The third-order valence-corrected chi connectivity index (χ3v) is 3.63. The van der Waals surface area contributed by atoms with Gasteiger partial charge in [-0.25, -0.2) is 0 Å². The summed E-state index contributed by atoms with van der Waals surface area (Å²) in [6, 6.07) is 6.56. The Hall–Kier alpha value is -1.10. The van der Waals surface area contributed by atoms with Gasteiger partial charge in [-0.3, -0.25) is 0 Å². The highest BCUT2D eigenvalue weighted by Gasteiger charge is 2.24. The number of aliphatic hydroxyl groups excluding tert-OH is 1. The zero-order valence-electron chi connectivity index (χ0n) is 12.6. The highest BCUT2D eigenvalue weighted by Crippen LogP contribution is 2.36. The normalized spacial score (nSPS) is 19.1. The van der Waals surface area contributed by atoms with Crippen LogP contribution >= 0.6 is 0 Å². The van der Waals surface area contributed by atoms with Crippen molar-refractivity contribution in [1.82, 2.24) is 5.32 Å². The van der Waals surface area contributed by atoms with Crippen LogP contribution in [0.5, 0.6) is 5.75 Å². The lowest BCUT2D eigenvalue weighted by Crippen LogP contribution is -2.25. The molecule has 0 aliphatic heterocycles. The smallest absolute Gasteiger partial charge is 0.122 e. The van der Waals surface area contributed by atoms with E-state index in [9.17, 15) is 5.11 Å². The summed E-state index contributed by atoms with van der Waals surface area (Å²) in [5, 5.41) is 13.2. The molecule has 4 nitrogen and oxygen atoms in total. The molecule has 2 N–H and O–H groups in total. The molecule has 20 heavy (non-hydrogen) atoms. The van der Waals surface area contributed by atoms with E-state index in [1.807, 2.05) is 33.0 Å². The van der Waals surface area contributed by atoms with Crippen molar-refractivity contribution in [2.24, 2.45) is 0 Å². The molecule has 4 heteroatoms. The molecule has 0 amide bonds. The first-order valence-electron chi connectivity index (χ1n) is 7.33. The van der Waals surface area contributed by atoms with E-state index in [1.165, 1.54) is 11.1 Å². The Morgan fingerprint density at radius 2 is 2.15 bits per heavy atom. The van der Waals surface area contributed by atoms with Crippen molar-refractivity contribution in [3.8, 4) is 5.75 Å². The molecule has 2 unspecified atom stereocenters. The maximum absolute atomic E-state index is 9.84. The van der Waals surface area contributed by atoms with Crippen LogP contribution in [0.3, 0.4) is 0 Å². The van der Waals surface area contributed by atoms with Crippen LogP contribution in [0.2, 0.25) is 0 Å². The summed E-state index contributed by atoms with van der Waals surface area (Å²) in [4.78, 5) is 0. The quantitative estimate of drug-likeness (QED) is 0.802. The first-order valence-corrected chi connectivity index (χ1v) is 7.33. The van der Waals surface area contributed by atoms with E-state index in [-0.39, 0.29) is 12.7 Å². The first kappa shape index (κ1) is 15.3. The van der Waals surface area contributed by atoms with Gasteiger partial charge in [0.1, 0.15) is 18.5 Å². The number of fused-ring (bicyclic) bond motifs is 1. The number of hydrogen-bond acceptors (Lipinski definition) is 4. The molecule has 2 rings (SSSR count). The van der Waals surface area contributed by atoms with E-state index in [1.54, 1.807) is 0 Å². The summed E-state index contributed by atoms with van der Waals surface area (Å²) >= 11 is 0. The number of hydrogen-bond donors (Lipinski definition) is 2. The van der Waals surface area contributed by atoms with Crippen molar-refractivity contribution in [1.29, 1.82) is 0 Å². The number of benzene rings is 1. The van der Waals surface area contributed by atoms with Gasteiger partial charge < -0.3 is 19.9 Å². The fourth-order valence-electron chi connectivity index (χ4n) is 2.59. The third-order valence-electron chi connectivity index (χ3n) is 3.63. The van der Waals surface area contributed by atoms with E-state index < -0.39 is 6.10 Å². The number of ether oxygens (including phenoxy) is 2. The fourth-order valence-corrected chi connectivity index (χ4v) is 2.59. The van der Waals surface area contributed by atoms with Gasteiger partial charge in [-0.15, -0.1) is 0 Å². The van der Waals surface area contributed by atoms with E-state index in [0.717, 1.165) is 18.6 Å². The topological polar surface area (TPSA) is 50.7 Å². The minimum atomic E-state index is -0.588. The highest BCUT2D eigenvalue weighted by atomic mass is 16.5. The van der Waals surface area contributed by atoms with Gasteiger partial charge in [0, 0.05) is 6.04 Å². The van der Waals surface area contributed by atoms with E-state index in [0.29, 0.717) is 12.6 Å². The summed E-state index contributed by atoms with van der Waals surface area (Å²) in [7, 11) is 1.99. The zero-order chi connectivity index (χ0) is 14.5. The summed E-state index contributed by atoms with van der Waals surface area (Å²) in [6.45, 7) is 4.49. The van der Waals surface area contributed by atoms with Gasteiger partial charge in [0.15, 0.2) is 0 Å². The van der Waals surface area contributed by atoms with Crippen molar-refractivity contribution >= 4 is 0 Å². The van der Waals surface area contributed by atoms with Crippen LogP contribution in [-0.2, 0) is 11.2 Å². The van der Waals surface area contributed by atoms with Crippen molar-refractivity contribution in [2.75, 3.05) is 20.3 Å². The average Bonchev–Trinajstić information content (AvgIpc) is 2.86. The minimum Gasteiger partial charge on any atom is -0.491 e. The standard InChI is InChI=1S/C16H25NO3/c1-11(2)19-9-12(18)10-20-16-6-4-5-13-14(16)7-8-15(13)17-3/h4-6,11-12,15,17-18H,7-10H2,1-3H3. The van der Waals surface area contributed by atoms with Crippen LogP contribution in [0.15, 0.2) is 18.2 Å². The molecule has 1 aliphatic rings. The molecule has 1 aromatic carbocycles. The Morgan fingerprint density at radius 3 is 2.85 bits per heavy atom. The van der Waals surface area contributed by atoms with Gasteiger partial charge in [-0.2, -0.15) is 0 Å². The molecule has 2 atom stereocenters. The van der Waals surface area contributed by atoms with Gasteiger partial charge in [-0.1, -0.05) is 12.1 Å². The summed E-state index contributed by atoms with van der Waals surface area (Å²) < 4.78 is 11.2. The molecule has 0 bridgehead atoms. The van der Waals surface area contributed by atoms with Crippen LogP contribution < -0.4 is 10.1 Å². The maximum Gasteiger partial charge on any atom is 0.122 e. The van der Waals surface area contributed by atoms with Gasteiger partial charge >= 0.3 is 0 Å². The molecule has 0 saturated carbocycles. The number of nitrogens with one attached hydrogen (secondary N) is 1. The number of rotatable bonds is 7. The van der Waals surface area contributed by atoms with Gasteiger partial charge in [0.25, 0.3) is 0 Å². The van der Waals surface area contributed by atoms with Crippen LogP contribution in [0.4, 0.5) is 0 Å². The van der Waals surface area contributed by atoms with Crippen molar-refractivity contribution < 1.29 is 14.6 Å². The minimum absolute atomic E-state index is 0.127. The lowest BCUT2D eigenvalue weighted by molar-refractivity contribution is -0.0124. The molecule has 112 valence electrons. The monoisotopic (exact) mass is 279 g/mol. The van der Waals surface area contributed by atoms with Crippen LogP contribution in [0.1, 0.15) is 37.4 Å². The summed E-state index contributed by atoms with van der Waals surface area (Å²) in [5.41, 5.74) is 2.58. The predicted octanol–water partition coefficient (Wildman–Crippen LogP) is 2.06. The lowest BCUT2D eigenvalue weighted by Gasteiger charge is -2.16. The van der Waals surface area contributed by atoms with Crippen LogP contribution in [-0.4, -0.2) is 37.6 Å². The lowest BCUT2D eigenvalue weighted by atomic mass is 10.1. The Morgan fingerprint density at radius 1 is 1.35 bits per heavy atom. The second-order valence-electron chi connectivity index (χ2n) is 5.55. The van der Waals surface area contributed by atoms with Crippen LogP contribution in [0.25, 0.3) is 0 Å². The Labute approximate surface area is 121 Å². The molecule has 0 spiro atoms. The molecule has 0 saturated heterocycles. The molecular weight excluding hydrogens is 254 g/mol. The average molecular weight is 279 g/mol. The van der Waals surface area contributed by atoms with Crippen molar-refractivity contribution in [3.05, 3.63) is 29.3 Å². The molecular formula is C16H25NO3. The van der Waals surface area contributed by atoms with Gasteiger partial charge in [0.05, 0.1) is 12.7 Å². The summed E-state index contributed by atoms with van der Waals surface area (Å²) in [5.74, 6) is 0.892. The van der Waals surface area contributed by atoms with Crippen LogP contribution in [0, 0.1) is 0 Å². The largest absolute Gasteiger partial charge is 0.491 e. The predicted molar refractivity (Wildman–Crippen MR) is 79.2 cm³/mol. The first-order chi connectivity index (χ1) is 9.61. The Kier molecular flexibility index (Phi) is 5.40. The number of aliphatic hydroxyl groups is 1. The van der Waals surface area contributed by atoms with Gasteiger partial charge in [-0.05, 0) is 50.9 Å². The fraction of sp³-hybridized carbons (Fsp3) is 0.625. The van der Waals surface area contributed by atoms with Crippen molar-refractivity contribution in [3.63, 3.8) is 0 Å². The molecule has 0 radical (unpaired) electrons. The van der Waals surface area contributed by atoms with E-state index in [4.69, 9.17) is 9.47 Å². The SMILES string of the molecule is CNC1CCc2c(OCC(O)COC(C)C)cccc21. The highest BCUT2D eigenvalue weighted by molar-refractivity contribution is 5.45. The molecule has 0 heterocycles. The zero-order valence-corrected chi connectivity index (χ0v) is 12.6. The Bertz CT molecular complexity index is 434. The second-order valence-corrected chi connectivity index (χ2v) is 5.55. The summed E-state index contributed by atoms with van der Waals surface area (Å²) in [6.07, 6.45) is 1.66. The van der Waals surface area contributed by atoms with E-state index >= 15 is 0 Å². The molecule has 1 aliphatic carbocycles. The molecule has 0 fully saturated rings.